The molecular weight excluding hydrogens is 312 g/mol. The molecule has 0 fully saturated rings. The molecule has 0 bridgehead atoms. The average Bonchev–Trinajstić information content (AvgIpc) is 2.45. The third-order valence-electron chi connectivity index (χ3n) is 5.39. The molecule has 0 aliphatic rings. The summed E-state index contributed by atoms with van der Waals surface area (Å²) in [4.78, 5) is 0. The van der Waals surface area contributed by atoms with Gasteiger partial charge in [0.2, 0.25) is 0 Å². The zero-order chi connectivity index (χ0) is 17.8. The molecule has 0 aromatic carbocycles. The van der Waals surface area contributed by atoms with Crippen molar-refractivity contribution in [2.75, 3.05) is 6.61 Å². The van der Waals surface area contributed by atoms with Crippen LogP contribution >= 0.6 is 0 Å². The summed E-state index contributed by atoms with van der Waals surface area (Å²) in [7, 11) is -1.48. The molecule has 0 aromatic heterocycles. The van der Waals surface area contributed by atoms with Crippen molar-refractivity contribution in [1.82, 2.24) is 0 Å². The Hall–Kier alpha value is 0.134. The van der Waals surface area contributed by atoms with Crippen molar-refractivity contribution in [3.8, 4) is 0 Å². The van der Waals surface area contributed by atoms with Gasteiger partial charge >= 0.3 is 0 Å². The van der Waals surface area contributed by atoms with Crippen LogP contribution in [0.3, 0.4) is 0 Å². The van der Waals surface area contributed by atoms with Crippen LogP contribution in [0.4, 0.5) is 0 Å². The zero-order valence-electron chi connectivity index (χ0n) is 17.3. The first-order chi connectivity index (χ1) is 10.7. The lowest BCUT2D eigenvalue weighted by atomic mass is 10.0. The number of hydrogen-bond acceptors (Lipinski definition) is 1. The Balaban J connectivity index is 4.16. The molecule has 0 atom stereocenters. The van der Waals surface area contributed by atoms with Gasteiger partial charge in [-0.1, -0.05) is 85.0 Å². The topological polar surface area (TPSA) is 9.23 Å². The largest absolute Gasteiger partial charge is 0.427 e. The molecule has 0 N–H and O–H groups in total. The average molecular weight is 357 g/mol. The first-order valence-corrected chi connectivity index (χ1v) is 15.9. The summed E-state index contributed by atoms with van der Waals surface area (Å²) in [5, 5.41) is 0.487. The minimum absolute atomic E-state index is 0.339. The molecule has 0 saturated heterocycles. The first kappa shape index (κ1) is 23.1. The van der Waals surface area contributed by atoms with Gasteiger partial charge in [0.15, 0.2) is 9.28 Å². The van der Waals surface area contributed by atoms with Gasteiger partial charge in [-0.25, -0.2) is 0 Å². The van der Waals surface area contributed by atoms with E-state index in [1.165, 1.54) is 51.4 Å². The van der Waals surface area contributed by atoms with Crippen LogP contribution in [-0.4, -0.2) is 23.5 Å². The van der Waals surface area contributed by atoms with Crippen LogP contribution in [0.15, 0.2) is 11.6 Å². The number of rotatable bonds is 13. The summed E-state index contributed by atoms with van der Waals surface area (Å²) in [5.74, 6) is 0. The molecule has 1 nitrogen and oxygen atoms in total. The molecule has 3 heteroatoms. The Morgan fingerprint density at radius 3 is 1.91 bits per heavy atom. The van der Waals surface area contributed by atoms with E-state index < -0.39 is 7.59 Å². The van der Waals surface area contributed by atoms with Crippen molar-refractivity contribution in [2.45, 2.75) is 111 Å². The van der Waals surface area contributed by atoms with E-state index in [1.54, 1.807) is 5.57 Å². The van der Waals surface area contributed by atoms with Gasteiger partial charge in [-0.15, -0.1) is 0 Å². The van der Waals surface area contributed by atoms with Gasteiger partial charge in [-0.05, 0) is 37.1 Å². The predicted molar refractivity (Wildman–Crippen MR) is 113 cm³/mol. The molecule has 138 valence electrons. The van der Waals surface area contributed by atoms with Gasteiger partial charge in [-0.2, -0.15) is 0 Å². The van der Waals surface area contributed by atoms with Crippen molar-refractivity contribution < 1.29 is 4.43 Å². The fourth-order valence-corrected chi connectivity index (χ4v) is 6.94. The molecule has 0 amide bonds. The van der Waals surface area contributed by atoms with Crippen molar-refractivity contribution in [3.05, 3.63) is 11.6 Å². The maximum Gasteiger partial charge on any atom is 0.151 e. The van der Waals surface area contributed by atoms with Crippen LogP contribution in [0, 0.1) is 0 Å². The third-order valence-corrected chi connectivity index (χ3v) is 16.6. The quantitative estimate of drug-likeness (QED) is 0.206. The number of allylic oxidation sites excluding steroid dienone is 1. The van der Waals surface area contributed by atoms with Crippen molar-refractivity contribution in [3.63, 3.8) is 0 Å². The third kappa shape index (κ3) is 11.3. The fourth-order valence-electron chi connectivity index (χ4n) is 2.42. The summed E-state index contributed by atoms with van der Waals surface area (Å²) in [6.07, 6.45) is 14.4. The van der Waals surface area contributed by atoms with Crippen LogP contribution in [-0.2, 0) is 4.43 Å². The molecule has 0 spiro atoms. The Morgan fingerprint density at radius 2 is 1.48 bits per heavy atom. The van der Waals surface area contributed by atoms with Crippen LogP contribution < -0.4 is 0 Å². The molecule has 0 aliphatic heterocycles. The normalized spacial score (nSPS) is 13.0. The van der Waals surface area contributed by atoms with E-state index >= 15 is 0 Å². The summed E-state index contributed by atoms with van der Waals surface area (Å²) in [6.45, 7) is 17.8. The van der Waals surface area contributed by atoms with E-state index in [0.29, 0.717) is 5.04 Å². The second-order valence-corrected chi connectivity index (χ2v) is 20.9. The Kier molecular flexibility index (Phi) is 12.6. The molecule has 0 saturated carbocycles. The fraction of sp³-hybridized carbons (Fsp3) is 0.900. The number of hydrogen-bond donors (Lipinski definition) is 0. The van der Waals surface area contributed by atoms with Gasteiger partial charge in [0.25, 0.3) is 0 Å². The summed E-state index contributed by atoms with van der Waals surface area (Å²) < 4.78 is 6.18. The lowest BCUT2D eigenvalue weighted by Crippen LogP contribution is -2.45. The maximum atomic E-state index is 6.18. The summed E-state index contributed by atoms with van der Waals surface area (Å²) in [5.41, 5.74) is 1.70. The smallest absolute Gasteiger partial charge is 0.151 e. The minimum Gasteiger partial charge on any atom is -0.427 e. The Morgan fingerprint density at radius 1 is 0.957 bits per heavy atom. The van der Waals surface area contributed by atoms with E-state index in [4.69, 9.17) is 4.43 Å². The predicted octanol–water partition coefficient (Wildman–Crippen LogP) is 6.57. The lowest BCUT2D eigenvalue weighted by Gasteiger charge is -2.36. The summed E-state index contributed by atoms with van der Waals surface area (Å²) in [6, 6.07) is 0. The second-order valence-electron chi connectivity index (χ2n) is 8.75. The van der Waals surface area contributed by atoms with Gasteiger partial charge in [0, 0.05) is 6.61 Å². The van der Waals surface area contributed by atoms with Crippen LogP contribution in [0.2, 0.25) is 18.1 Å². The first-order valence-electron chi connectivity index (χ1n) is 10.00. The SMILES string of the molecule is CCCCCC(=CCCO[SiH2][Si](C)(C)C(C)(C)C)CCCCC. The highest BCUT2D eigenvalue weighted by Crippen LogP contribution is 2.34. The van der Waals surface area contributed by atoms with Gasteiger partial charge in [0.05, 0.1) is 7.59 Å². The second kappa shape index (κ2) is 12.5. The van der Waals surface area contributed by atoms with Gasteiger partial charge in [-0.3, -0.25) is 0 Å². The maximum absolute atomic E-state index is 6.18. The van der Waals surface area contributed by atoms with E-state index in [0.717, 1.165) is 13.0 Å². The van der Waals surface area contributed by atoms with E-state index in [2.05, 4.69) is 53.8 Å². The highest BCUT2D eigenvalue weighted by molar-refractivity contribution is 7.22. The molecule has 0 heterocycles. The number of unbranched alkanes of at least 4 members (excludes halogenated alkanes) is 4. The van der Waals surface area contributed by atoms with E-state index in [1.807, 2.05) is 0 Å². The molecule has 0 aliphatic carbocycles. The minimum atomic E-state index is -1.14. The molecule has 23 heavy (non-hydrogen) atoms. The Bertz CT molecular complexity index is 304. The van der Waals surface area contributed by atoms with E-state index in [9.17, 15) is 0 Å². The van der Waals surface area contributed by atoms with Crippen molar-refractivity contribution in [2.24, 2.45) is 0 Å². The lowest BCUT2D eigenvalue weighted by molar-refractivity contribution is 0.350. The molecular formula is C20H44OSi2. The van der Waals surface area contributed by atoms with E-state index in [-0.39, 0.29) is 9.28 Å². The van der Waals surface area contributed by atoms with Gasteiger partial charge in [0.1, 0.15) is 0 Å². The highest BCUT2D eigenvalue weighted by Gasteiger charge is 2.35. The standard InChI is InChI=1S/C20H44OSi2/c1-8-10-12-15-19(16-13-11-9-2)17-14-18-21-22-23(6,7)20(3,4)5/h17H,8-16,18,22H2,1-7H3. The van der Waals surface area contributed by atoms with Crippen LogP contribution in [0.25, 0.3) is 0 Å². The molecule has 0 radical (unpaired) electrons. The van der Waals surface area contributed by atoms with Crippen molar-refractivity contribution >= 4 is 16.9 Å². The van der Waals surface area contributed by atoms with Crippen LogP contribution in [0.5, 0.6) is 0 Å². The van der Waals surface area contributed by atoms with Crippen molar-refractivity contribution in [1.29, 1.82) is 0 Å². The molecule has 0 rings (SSSR count). The van der Waals surface area contributed by atoms with Gasteiger partial charge < -0.3 is 4.43 Å². The van der Waals surface area contributed by atoms with Crippen LogP contribution in [0.1, 0.15) is 92.4 Å². The zero-order valence-corrected chi connectivity index (χ0v) is 19.7. The summed E-state index contributed by atoms with van der Waals surface area (Å²) >= 11 is 0. The monoisotopic (exact) mass is 356 g/mol. The Labute approximate surface area is 150 Å². The molecule has 0 aromatic rings. The highest BCUT2D eigenvalue weighted by atomic mass is 29.2. The molecule has 0 unspecified atom stereocenters.